The third-order valence-corrected chi connectivity index (χ3v) is 4.48. The predicted molar refractivity (Wildman–Crippen MR) is 75.8 cm³/mol. The topological polar surface area (TPSA) is 29.3 Å². The van der Waals surface area contributed by atoms with E-state index in [2.05, 4.69) is 11.0 Å². The Hall–Kier alpha value is -0.800. The number of hydrogen-bond donors (Lipinski definition) is 1. The highest BCUT2D eigenvalue weighted by molar-refractivity contribution is 7.80. The van der Waals surface area contributed by atoms with E-state index in [0.717, 1.165) is 23.7 Å². The number of thiocarbonyl (C=S) groups is 1. The molecule has 3 rings (SSSR count). The van der Waals surface area contributed by atoms with Gasteiger partial charge < -0.3 is 10.6 Å². The number of benzene rings is 1. The molecule has 2 fully saturated rings. The Labute approximate surface area is 112 Å². The van der Waals surface area contributed by atoms with Crippen LogP contribution in [0, 0.1) is 5.92 Å². The summed E-state index contributed by atoms with van der Waals surface area (Å²) in [6.07, 6.45) is 3.96. The Morgan fingerprint density at radius 3 is 2.82 bits per heavy atom. The van der Waals surface area contributed by atoms with Crippen LogP contribution in [-0.4, -0.2) is 17.6 Å². The monoisotopic (exact) mass is 266 g/mol. The summed E-state index contributed by atoms with van der Waals surface area (Å²) in [7, 11) is 0. The van der Waals surface area contributed by atoms with Crippen LogP contribution < -0.4 is 10.6 Å². The van der Waals surface area contributed by atoms with Crippen LogP contribution in [0.3, 0.4) is 0 Å². The van der Waals surface area contributed by atoms with Gasteiger partial charge in [-0.3, -0.25) is 0 Å². The van der Waals surface area contributed by atoms with Crippen molar-refractivity contribution in [2.24, 2.45) is 11.7 Å². The maximum atomic E-state index is 6.21. The molecule has 2 N–H and O–H groups in total. The average Bonchev–Trinajstić information content (AvgIpc) is 2.89. The molecule has 2 aliphatic rings. The van der Waals surface area contributed by atoms with E-state index in [-0.39, 0.29) is 0 Å². The molecular formula is C13H15ClN2S. The Balaban J connectivity index is 2.03. The van der Waals surface area contributed by atoms with Crippen LogP contribution >= 0.6 is 23.8 Å². The van der Waals surface area contributed by atoms with Crippen molar-refractivity contribution in [2.75, 3.05) is 11.4 Å². The summed E-state index contributed by atoms with van der Waals surface area (Å²) in [5.74, 6) is 0.846. The van der Waals surface area contributed by atoms with Gasteiger partial charge in [0.2, 0.25) is 0 Å². The van der Waals surface area contributed by atoms with Crippen LogP contribution in [0.5, 0.6) is 0 Å². The standard InChI is InChI=1S/C13H15ClN2S/c14-10-2-1-3-11(12(10)13(15)17)16-7-8-4-5-9(16)6-8/h1-3,8-9H,4-7H2,(H2,15,17). The van der Waals surface area contributed by atoms with Crippen molar-refractivity contribution in [3.63, 3.8) is 0 Å². The second-order valence-electron chi connectivity index (χ2n) is 4.98. The lowest BCUT2D eigenvalue weighted by Gasteiger charge is -2.31. The fourth-order valence-corrected chi connectivity index (χ4v) is 3.76. The molecule has 17 heavy (non-hydrogen) atoms. The van der Waals surface area contributed by atoms with Crippen molar-refractivity contribution in [3.8, 4) is 0 Å². The molecule has 1 heterocycles. The predicted octanol–water partition coefficient (Wildman–Crippen LogP) is 2.96. The molecule has 1 aliphatic carbocycles. The van der Waals surface area contributed by atoms with Crippen LogP contribution in [0.4, 0.5) is 5.69 Å². The van der Waals surface area contributed by atoms with Crippen LogP contribution in [0.25, 0.3) is 0 Å². The van der Waals surface area contributed by atoms with E-state index in [1.165, 1.54) is 19.3 Å². The summed E-state index contributed by atoms with van der Waals surface area (Å²) >= 11 is 11.3. The van der Waals surface area contributed by atoms with Crippen LogP contribution in [0.1, 0.15) is 24.8 Å². The Morgan fingerprint density at radius 2 is 2.24 bits per heavy atom. The van der Waals surface area contributed by atoms with Crippen molar-refractivity contribution in [1.29, 1.82) is 0 Å². The SMILES string of the molecule is NC(=S)c1c(Cl)cccc1N1CC2CCC1C2. The van der Waals surface area contributed by atoms with Gasteiger partial charge in [-0.25, -0.2) is 0 Å². The van der Waals surface area contributed by atoms with Gasteiger partial charge in [-0.05, 0) is 37.3 Å². The molecule has 2 nitrogen and oxygen atoms in total. The summed E-state index contributed by atoms with van der Waals surface area (Å²) in [5, 5.41) is 0.665. The molecule has 0 amide bonds. The quantitative estimate of drug-likeness (QED) is 0.835. The largest absolute Gasteiger partial charge is 0.389 e. The fourth-order valence-electron chi connectivity index (χ4n) is 3.22. The van der Waals surface area contributed by atoms with Gasteiger partial charge in [-0.1, -0.05) is 29.9 Å². The lowest BCUT2D eigenvalue weighted by Crippen LogP contribution is -2.33. The lowest BCUT2D eigenvalue weighted by atomic mass is 10.1. The fraction of sp³-hybridized carbons (Fsp3) is 0.462. The number of hydrogen-bond acceptors (Lipinski definition) is 2. The van der Waals surface area contributed by atoms with E-state index in [1.54, 1.807) is 0 Å². The molecular weight excluding hydrogens is 252 g/mol. The maximum Gasteiger partial charge on any atom is 0.107 e. The number of nitrogens with two attached hydrogens (primary N) is 1. The molecule has 1 saturated heterocycles. The molecule has 2 atom stereocenters. The van der Waals surface area contributed by atoms with Gasteiger partial charge in [0.05, 0.1) is 10.6 Å². The van der Waals surface area contributed by atoms with Gasteiger partial charge in [-0.2, -0.15) is 0 Å². The van der Waals surface area contributed by atoms with E-state index in [0.29, 0.717) is 16.1 Å². The van der Waals surface area contributed by atoms with Crippen molar-refractivity contribution < 1.29 is 0 Å². The summed E-state index contributed by atoms with van der Waals surface area (Å²) in [4.78, 5) is 2.84. The number of nitrogens with zero attached hydrogens (tertiary/aromatic N) is 1. The molecule has 1 saturated carbocycles. The number of fused-ring (bicyclic) bond motifs is 2. The first kappa shape index (κ1) is 11.3. The number of piperidine rings is 1. The lowest BCUT2D eigenvalue weighted by molar-refractivity contribution is 0.553. The Kier molecular flexibility index (Phi) is 2.75. The Morgan fingerprint density at radius 1 is 1.41 bits per heavy atom. The number of halogens is 1. The van der Waals surface area contributed by atoms with Crippen molar-refractivity contribution >= 4 is 34.5 Å². The normalized spacial score (nSPS) is 26.5. The average molecular weight is 267 g/mol. The van der Waals surface area contributed by atoms with Gasteiger partial charge in [0.15, 0.2) is 0 Å². The van der Waals surface area contributed by atoms with E-state index in [9.17, 15) is 0 Å². The second-order valence-corrected chi connectivity index (χ2v) is 5.83. The summed E-state index contributed by atoms with van der Waals surface area (Å²) in [6.45, 7) is 1.13. The molecule has 4 heteroatoms. The number of anilines is 1. The maximum absolute atomic E-state index is 6.21. The molecule has 1 aliphatic heterocycles. The summed E-state index contributed by atoms with van der Waals surface area (Å²) in [6, 6.07) is 6.58. The van der Waals surface area contributed by atoms with E-state index in [4.69, 9.17) is 29.6 Å². The van der Waals surface area contributed by atoms with Gasteiger partial charge >= 0.3 is 0 Å². The highest BCUT2D eigenvalue weighted by Gasteiger charge is 2.38. The van der Waals surface area contributed by atoms with E-state index < -0.39 is 0 Å². The van der Waals surface area contributed by atoms with Crippen molar-refractivity contribution in [2.45, 2.75) is 25.3 Å². The van der Waals surface area contributed by atoms with E-state index >= 15 is 0 Å². The minimum atomic E-state index is 0.397. The van der Waals surface area contributed by atoms with Gasteiger partial charge in [-0.15, -0.1) is 0 Å². The van der Waals surface area contributed by atoms with Crippen LogP contribution in [-0.2, 0) is 0 Å². The second kappa shape index (κ2) is 4.14. The Bertz CT molecular complexity index is 474. The first-order valence-corrected chi connectivity index (χ1v) is 6.80. The zero-order valence-electron chi connectivity index (χ0n) is 9.53. The molecule has 2 bridgehead atoms. The molecule has 1 aromatic rings. The molecule has 0 aromatic heterocycles. The van der Waals surface area contributed by atoms with Crippen LogP contribution in [0.15, 0.2) is 18.2 Å². The third-order valence-electron chi connectivity index (χ3n) is 3.96. The molecule has 1 aromatic carbocycles. The minimum Gasteiger partial charge on any atom is -0.389 e. The van der Waals surface area contributed by atoms with E-state index in [1.807, 2.05) is 12.1 Å². The van der Waals surface area contributed by atoms with Crippen LogP contribution in [0.2, 0.25) is 5.02 Å². The molecule has 0 spiro atoms. The zero-order valence-corrected chi connectivity index (χ0v) is 11.1. The van der Waals surface area contributed by atoms with Crippen molar-refractivity contribution in [3.05, 3.63) is 28.8 Å². The molecule has 2 unspecified atom stereocenters. The first-order chi connectivity index (χ1) is 8.16. The smallest absolute Gasteiger partial charge is 0.107 e. The third kappa shape index (κ3) is 1.81. The van der Waals surface area contributed by atoms with Gasteiger partial charge in [0.25, 0.3) is 0 Å². The first-order valence-electron chi connectivity index (χ1n) is 6.02. The van der Waals surface area contributed by atoms with Crippen molar-refractivity contribution in [1.82, 2.24) is 0 Å². The number of rotatable bonds is 2. The summed E-state index contributed by atoms with van der Waals surface area (Å²) in [5.41, 5.74) is 7.77. The zero-order chi connectivity index (χ0) is 12.0. The highest BCUT2D eigenvalue weighted by atomic mass is 35.5. The molecule has 0 radical (unpaired) electrons. The molecule has 90 valence electrons. The van der Waals surface area contributed by atoms with Gasteiger partial charge in [0, 0.05) is 18.3 Å². The van der Waals surface area contributed by atoms with Gasteiger partial charge in [0.1, 0.15) is 4.99 Å². The highest BCUT2D eigenvalue weighted by Crippen LogP contribution is 2.42. The minimum absolute atomic E-state index is 0.397. The summed E-state index contributed by atoms with van der Waals surface area (Å²) < 4.78 is 0.